The van der Waals surface area contributed by atoms with Crippen molar-refractivity contribution in [3.8, 4) is 11.3 Å². The molecule has 2 nitrogen and oxygen atoms in total. The van der Waals surface area contributed by atoms with Gasteiger partial charge in [-0.1, -0.05) is 32.0 Å². The second kappa shape index (κ2) is 4.44. The molecule has 0 N–H and O–H groups in total. The molecule has 0 spiro atoms. The predicted molar refractivity (Wildman–Crippen MR) is 66.3 cm³/mol. The van der Waals surface area contributed by atoms with E-state index in [4.69, 9.17) is 0 Å². The maximum atomic E-state index is 4.16. The van der Waals surface area contributed by atoms with Gasteiger partial charge in [-0.15, -0.1) is 0 Å². The van der Waals surface area contributed by atoms with Crippen molar-refractivity contribution in [2.45, 2.75) is 26.7 Å². The molecule has 0 bridgehead atoms. The first-order valence-corrected chi connectivity index (χ1v) is 5.57. The zero-order valence-corrected chi connectivity index (χ0v) is 9.94. The van der Waals surface area contributed by atoms with Crippen LogP contribution in [0, 0.1) is 6.92 Å². The molecule has 16 heavy (non-hydrogen) atoms. The molecule has 0 atom stereocenters. The van der Waals surface area contributed by atoms with Gasteiger partial charge in [0.2, 0.25) is 0 Å². The lowest BCUT2D eigenvalue weighted by Crippen LogP contribution is -1.96. The third-order valence-corrected chi connectivity index (χ3v) is 2.85. The number of hydrogen-bond acceptors (Lipinski definition) is 2. The number of nitrogens with zero attached hydrogens (tertiary/aromatic N) is 2. The van der Waals surface area contributed by atoms with Crippen LogP contribution in [-0.2, 0) is 0 Å². The molecule has 2 rings (SSSR count). The maximum Gasteiger partial charge on any atom is 0.0932 e. The van der Waals surface area contributed by atoms with Crippen LogP contribution in [0.2, 0.25) is 0 Å². The van der Waals surface area contributed by atoms with E-state index >= 15 is 0 Å². The fourth-order valence-corrected chi connectivity index (χ4v) is 2.00. The maximum absolute atomic E-state index is 4.16. The van der Waals surface area contributed by atoms with Crippen LogP contribution in [-0.4, -0.2) is 10.2 Å². The molecule has 0 saturated heterocycles. The summed E-state index contributed by atoms with van der Waals surface area (Å²) in [7, 11) is 0. The summed E-state index contributed by atoms with van der Waals surface area (Å²) in [5.74, 6) is 0.539. The van der Waals surface area contributed by atoms with Gasteiger partial charge in [0.1, 0.15) is 0 Å². The summed E-state index contributed by atoms with van der Waals surface area (Å²) in [6.45, 7) is 6.57. The van der Waals surface area contributed by atoms with Crippen LogP contribution in [0.4, 0.5) is 0 Å². The molecule has 1 aromatic heterocycles. The summed E-state index contributed by atoms with van der Waals surface area (Å²) >= 11 is 0. The second-order valence-corrected chi connectivity index (χ2v) is 4.28. The average molecular weight is 212 g/mol. The third kappa shape index (κ3) is 1.96. The summed E-state index contributed by atoms with van der Waals surface area (Å²) in [6, 6.07) is 10.3. The Morgan fingerprint density at radius 1 is 1.06 bits per heavy atom. The van der Waals surface area contributed by atoms with Crippen molar-refractivity contribution in [2.75, 3.05) is 0 Å². The highest BCUT2D eigenvalue weighted by molar-refractivity contribution is 5.64. The Bertz CT molecular complexity index is 475. The Hall–Kier alpha value is -1.70. The molecule has 1 heterocycles. The molecule has 0 radical (unpaired) electrons. The van der Waals surface area contributed by atoms with E-state index in [2.05, 4.69) is 49.2 Å². The van der Waals surface area contributed by atoms with Gasteiger partial charge in [0.25, 0.3) is 0 Å². The molecule has 0 saturated carbocycles. The standard InChI is InChI=1S/C14H16N2/c1-10(2)12-6-4-7-13(11(12)3)14-8-5-9-15-16-14/h4-10H,1-3H3. The molecule has 2 aromatic rings. The summed E-state index contributed by atoms with van der Waals surface area (Å²) < 4.78 is 0. The van der Waals surface area contributed by atoms with E-state index in [1.54, 1.807) is 6.20 Å². The lowest BCUT2D eigenvalue weighted by Gasteiger charge is -2.13. The van der Waals surface area contributed by atoms with Crippen molar-refractivity contribution < 1.29 is 0 Å². The molecule has 0 aliphatic heterocycles. The number of hydrogen-bond donors (Lipinski definition) is 0. The largest absolute Gasteiger partial charge is 0.159 e. The van der Waals surface area contributed by atoms with E-state index < -0.39 is 0 Å². The van der Waals surface area contributed by atoms with E-state index in [0.717, 1.165) is 5.69 Å². The van der Waals surface area contributed by atoms with Gasteiger partial charge >= 0.3 is 0 Å². The van der Waals surface area contributed by atoms with Gasteiger partial charge in [0.05, 0.1) is 5.69 Å². The topological polar surface area (TPSA) is 25.8 Å². The quantitative estimate of drug-likeness (QED) is 0.760. The fraction of sp³-hybridized carbons (Fsp3) is 0.286. The molecule has 0 aliphatic rings. The molecule has 0 amide bonds. The van der Waals surface area contributed by atoms with Crippen molar-refractivity contribution in [1.29, 1.82) is 0 Å². The minimum Gasteiger partial charge on any atom is -0.159 e. The number of rotatable bonds is 2. The van der Waals surface area contributed by atoms with Gasteiger partial charge in [-0.2, -0.15) is 10.2 Å². The Morgan fingerprint density at radius 3 is 2.50 bits per heavy atom. The zero-order valence-electron chi connectivity index (χ0n) is 9.94. The fourth-order valence-electron chi connectivity index (χ4n) is 2.00. The van der Waals surface area contributed by atoms with Gasteiger partial charge in [-0.25, -0.2) is 0 Å². The van der Waals surface area contributed by atoms with Crippen molar-refractivity contribution in [2.24, 2.45) is 0 Å². The van der Waals surface area contributed by atoms with Gasteiger partial charge < -0.3 is 0 Å². The monoisotopic (exact) mass is 212 g/mol. The Balaban J connectivity index is 2.55. The highest BCUT2D eigenvalue weighted by Crippen LogP contribution is 2.27. The highest BCUT2D eigenvalue weighted by atomic mass is 15.1. The molecular weight excluding hydrogens is 196 g/mol. The molecule has 0 unspecified atom stereocenters. The summed E-state index contributed by atoms with van der Waals surface area (Å²) in [5.41, 5.74) is 4.81. The SMILES string of the molecule is Cc1c(-c2cccnn2)cccc1C(C)C. The van der Waals surface area contributed by atoms with Crippen LogP contribution in [0.5, 0.6) is 0 Å². The van der Waals surface area contributed by atoms with Crippen molar-refractivity contribution >= 4 is 0 Å². The Morgan fingerprint density at radius 2 is 1.88 bits per heavy atom. The van der Waals surface area contributed by atoms with Gasteiger partial charge in [-0.3, -0.25) is 0 Å². The van der Waals surface area contributed by atoms with E-state index in [9.17, 15) is 0 Å². The summed E-state index contributed by atoms with van der Waals surface area (Å²) in [6.07, 6.45) is 1.70. The molecule has 1 aromatic carbocycles. The van der Waals surface area contributed by atoms with Gasteiger partial charge in [-0.05, 0) is 36.1 Å². The van der Waals surface area contributed by atoms with Crippen LogP contribution in [0.15, 0.2) is 36.5 Å². The summed E-state index contributed by atoms with van der Waals surface area (Å²) in [5, 5.41) is 8.09. The van der Waals surface area contributed by atoms with E-state index in [0.29, 0.717) is 5.92 Å². The average Bonchev–Trinajstić information content (AvgIpc) is 2.30. The highest BCUT2D eigenvalue weighted by Gasteiger charge is 2.09. The van der Waals surface area contributed by atoms with Crippen LogP contribution in [0.3, 0.4) is 0 Å². The Kier molecular flexibility index (Phi) is 3.00. The second-order valence-electron chi connectivity index (χ2n) is 4.28. The van der Waals surface area contributed by atoms with Gasteiger partial charge in [0.15, 0.2) is 0 Å². The molecular formula is C14H16N2. The minimum atomic E-state index is 0.539. The number of benzene rings is 1. The van der Waals surface area contributed by atoms with Crippen molar-refractivity contribution in [3.63, 3.8) is 0 Å². The molecule has 2 heteroatoms. The Labute approximate surface area is 96.4 Å². The van der Waals surface area contributed by atoms with Crippen molar-refractivity contribution in [1.82, 2.24) is 10.2 Å². The first kappa shape index (κ1) is 10.8. The molecule has 0 aliphatic carbocycles. The number of aromatic nitrogens is 2. The first-order valence-electron chi connectivity index (χ1n) is 5.57. The summed E-state index contributed by atoms with van der Waals surface area (Å²) in [4.78, 5) is 0. The van der Waals surface area contributed by atoms with Crippen LogP contribution >= 0.6 is 0 Å². The van der Waals surface area contributed by atoms with Crippen LogP contribution < -0.4 is 0 Å². The lowest BCUT2D eigenvalue weighted by molar-refractivity contribution is 0.856. The smallest absolute Gasteiger partial charge is 0.0932 e. The molecule has 82 valence electrons. The van der Waals surface area contributed by atoms with Crippen LogP contribution in [0.25, 0.3) is 11.3 Å². The first-order chi connectivity index (χ1) is 7.70. The lowest BCUT2D eigenvalue weighted by atomic mass is 9.93. The van der Waals surface area contributed by atoms with Crippen LogP contribution in [0.1, 0.15) is 30.9 Å². The normalized spacial score (nSPS) is 10.8. The minimum absolute atomic E-state index is 0.539. The van der Waals surface area contributed by atoms with E-state index in [1.165, 1.54) is 16.7 Å². The van der Waals surface area contributed by atoms with Crippen molar-refractivity contribution in [3.05, 3.63) is 47.7 Å². The zero-order chi connectivity index (χ0) is 11.5. The molecule has 0 fully saturated rings. The van der Waals surface area contributed by atoms with Gasteiger partial charge in [0, 0.05) is 11.8 Å². The van der Waals surface area contributed by atoms with E-state index in [-0.39, 0.29) is 0 Å². The van der Waals surface area contributed by atoms with E-state index in [1.807, 2.05) is 12.1 Å². The third-order valence-electron chi connectivity index (χ3n) is 2.85. The predicted octanol–water partition coefficient (Wildman–Crippen LogP) is 3.58.